The Morgan fingerprint density at radius 3 is 2.83 bits per heavy atom. The fraction of sp³-hybridized carbons (Fsp3) is 0.0526. The van der Waals surface area contributed by atoms with E-state index in [0.717, 1.165) is 11.1 Å². The Kier molecular flexibility index (Phi) is 4.43. The first-order valence-electron chi connectivity index (χ1n) is 7.25. The third kappa shape index (κ3) is 3.80. The van der Waals surface area contributed by atoms with E-state index in [1.807, 2.05) is 30.3 Å². The summed E-state index contributed by atoms with van der Waals surface area (Å²) in [5, 5.41) is 2.78. The lowest BCUT2D eigenvalue weighted by Crippen LogP contribution is -2.08. The topological polar surface area (TPSA) is 41.5 Å². The lowest BCUT2D eigenvalue weighted by atomic mass is 10.1. The highest BCUT2D eigenvalue weighted by molar-refractivity contribution is 6.02. The molecule has 2 aromatic carbocycles. The molecule has 0 aliphatic carbocycles. The number of hydrogen-bond acceptors (Lipinski definition) is 2. The highest BCUT2D eigenvalue weighted by Gasteiger charge is 2.06. The van der Waals surface area contributed by atoms with Crippen molar-refractivity contribution < 1.29 is 9.18 Å². The van der Waals surface area contributed by atoms with Crippen LogP contribution in [-0.4, -0.2) is 18.7 Å². The van der Waals surface area contributed by atoms with Gasteiger partial charge in [0.05, 0.1) is 6.54 Å². The van der Waals surface area contributed by atoms with E-state index in [2.05, 4.69) is 10.3 Å². The third-order valence-electron chi connectivity index (χ3n) is 3.46. The molecule has 0 atom stereocenters. The number of hydrogen-bond donors (Lipinski definition) is 1. The zero-order chi connectivity index (χ0) is 16.1. The molecule has 1 heterocycles. The van der Waals surface area contributed by atoms with Crippen LogP contribution in [0.4, 0.5) is 10.1 Å². The Morgan fingerprint density at radius 2 is 2.04 bits per heavy atom. The van der Waals surface area contributed by atoms with Gasteiger partial charge in [0.25, 0.3) is 0 Å². The largest absolute Gasteiger partial charge is 0.322 e. The number of nitrogens with one attached hydrogen (secondary N) is 1. The smallest absolute Gasteiger partial charge is 0.248 e. The van der Waals surface area contributed by atoms with Crippen LogP contribution in [-0.2, 0) is 4.79 Å². The van der Waals surface area contributed by atoms with Gasteiger partial charge in [0.2, 0.25) is 5.91 Å². The number of benzene rings is 2. The van der Waals surface area contributed by atoms with Gasteiger partial charge in [-0.3, -0.25) is 9.79 Å². The van der Waals surface area contributed by atoms with Gasteiger partial charge in [-0.05, 0) is 41.5 Å². The van der Waals surface area contributed by atoms with Crippen LogP contribution in [0.5, 0.6) is 0 Å². The minimum atomic E-state index is -0.355. The Labute approximate surface area is 133 Å². The van der Waals surface area contributed by atoms with Gasteiger partial charge in [-0.1, -0.05) is 30.3 Å². The van der Waals surface area contributed by atoms with Crippen molar-refractivity contribution in [1.29, 1.82) is 0 Å². The lowest BCUT2D eigenvalue weighted by molar-refractivity contribution is -0.111. The maximum absolute atomic E-state index is 13.5. The molecule has 0 radical (unpaired) electrons. The van der Waals surface area contributed by atoms with Crippen LogP contribution in [0, 0.1) is 5.82 Å². The third-order valence-corrected chi connectivity index (χ3v) is 3.46. The molecule has 2 aromatic rings. The van der Waals surface area contributed by atoms with Gasteiger partial charge in [0.15, 0.2) is 0 Å². The van der Waals surface area contributed by atoms with Crippen LogP contribution in [0.2, 0.25) is 0 Å². The summed E-state index contributed by atoms with van der Waals surface area (Å²) in [6.45, 7) is 0.657. The van der Waals surface area contributed by atoms with E-state index >= 15 is 0 Å². The monoisotopic (exact) mass is 306 g/mol. The normalized spacial score (nSPS) is 13.3. The molecule has 4 heteroatoms. The molecule has 3 rings (SSSR count). The predicted molar refractivity (Wildman–Crippen MR) is 91.8 cm³/mol. The molecule has 1 N–H and O–H groups in total. The number of anilines is 1. The van der Waals surface area contributed by atoms with Gasteiger partial charge in [-0.2, -0.15) is 0 Å². The van der Waals surface area contributed by atoms with Crippen molar-refractivity contribution in [2.45, 2.75) is 0 Å². The van der Waals surface area contributed by atoms with Crippen LogP contribution < -0.4 is 5.32 Å². The number of aliphatic imine (C=N–C) groups is 1. The highest BCUT2D eigenvalue weighted by Crippen LogP contribution is 2.20. The summed E-state index contributed by atoms with van der Waals surface area (Å²) in [6.07, 6.45) is 6.52. The Hall–Kier alpha value is -3.01. The number of carbonyl (C=O) groups excluding carboxylic acids is 1. The molecule has 0 saturated heterocycles. The molecule has 1 aliphatic heterocycles. The van der Waals surface area contributed by atoms with E-state index in [4.69, 9.17) is 0 Å². The maximum atomic E-state index is 13.5. The Balaban J connectivity index is 1.68. The van der Waals surface area contributed by atoms with Gasteiger partial charge < -0.3 is 5.32 Å². The minimum Gasteiger partial charge on any atom is -0.322 e. The van der Waals surface area contributed by atoms with Crippen LogP contribution in [0.15, 0.2) is 65.7 Å². The zero-order valence-electron chi connectivity index (χ0n) is 12.4. The van der Waals surface area contributed by atoms with Gasteiger partial charge in [0.1, 0.15) is 5.82 Å². The minimum absolute atomic E-state index is 0.304. The summed E-state index contributed by atoms with van der Waals surface area (Å²) in [7, 11) is 0. The van der Waals surface area contributed by atoms with Crippen molar-refractivity contribution in [2.24, 2.45) is 4.99 Å². The van der Waals surface area contributed by atoms with Crippen LogP contribution in [0.25, 0.3) is 11.6 Å². The van der Waals surface area contributed by atoms with E-state index in [0.29, 0.717) is 17.8 Å². The molecule has 114 valence electrons. The molecule has 23 heavy (non-hydrogen) atoms. The number of rotatable bonds is 4. The standard InChI is InChI=1S/C19H15FN2O/c20-18-7-2-1-4-14(18)8-9-19(23)22-17-6-3-5-15(12-17)16-10-11-21-13-16/h1-12H,13H2,(H,22,23)/b9-8+. The molecule has 0 bridgehead atoms. The van der Waals surface area contributed by atoms with Crippen LogP contribution >= 0.6 is 0 Å². The maximum Gasteiger partial charge on any atom is 0.248 e. The van der Waals surface area contributed by atoms with Crippen molar-refractivity contribution in [3.8, 4) is 0 Å². The first-order chi connectivity index (χ1) is 11.2. The fourth-order valence-electron chi connectivity index (χ4n) is 2.29. The summed E-state index contributed by atoms with van der Waals surface area (Å²) in [5.74, 6) is -0.659. The number of nitrogens with zero attached hydrogens (tertiary/aromatic N) is 1. The van der Waals surface area contributed by atoms with Crippen LogP contribution in [0.1, 0.15) is 11.1 Å². The molecule has 0 spiro atoms. The zero-order valence-corrected chi connectivity index (χ0v) is 12.4. The van der Waals surface area contributed by atoms with Crippen molar-refractivity contribution in [3.05, 3.63) is 77.6 Å². The first-order valence-corrected chi connectivity index (χ1v) is 7.25. The molecular formula is C19H15FN2O. The lowest BCUT2D eigenvalue weighted by Gasteiger charge is -2.06. The molecule has 1 amide bonds. The number of carbonyl (C=O) groups is 1. The summed E-state index contributed by atoms with van der Waals surface area (Å²) in [4.78, 5) is 16.1. The quantitative estimate of drug-likeness (QED) is 0.854. The van der Waals surface area contributed by atoms with Gasteiger partial charge in [-0.15, -0.1) is 0 Å². The second-order valence-corrected chi connectivity index (χ2v) is 5.11. The van der Waals surface area contributed by atoms with Crippen molar-refractivity contribution in [1.82, 2.24) is 0 Å². The second kappa shape index (κ2) is 6.83. The summed E-state index contributed by atoms with van der Waals surface area (Å²) < 4.78 is 13.5. The number of allylic oxidation sites excluding steroid dienone is 1. The molecule has 1 aliphatic rings. The SMILES string of the molecule is O=C(/C=C/c1ccccc1F)Nc1cccc(C2=CC=NC2)c1. The first kappa shape index (κ1) is 14.9. The summed E-state index contributed by atoms with van der Waals surface area (Å²) in [6, 6.07) is 13.9. The van der Waals surface area contributed by atoms with Crippen molar-refractivity contribution >= 4 is 29.5 Å². The molecule has 0 unspecified atom stereocenters. The average Bonchev–Trinajstić information content (AvgIpc) is 3.09. The second-order valence-electron chi connectivity index (χ2n) is 5.11. The number of halogens is 1. The highest BCUT2D eigenvalue weighted by atomic mass is 19.1. The van der Waals surface area contributed by atoms with Gasteiger partial charge in [-0.25, -0.2) is 4.39 Å². The Morgan fingerprint density at radius 1 is 1.17 bits per heavy atom. The average molecular weight is 306 g/mol. The van der Waals surface area contributed by atoms with Gasteiger partial charge in [0, 0.05) is 23.5 Å². The molecule has 0 fully saturated rings. The fourth-order valence-corrected chi connectivity index (χ4v) is 2.29. The molecule has 0 saturated carbocycles. The van der Waals surface area contributed by atoms with Crippen molar-refractivity contribution in [2.75, 3.05) is 11.9 Å². The number of amides is 1. The van der Waals surface area contributed by atoms with E-state index in [-0.39, 0.29) is 11.7 Å². The van der Waals surface area contributed by atoms with E-state index in [1.165, 1.54) is 18.2 Å². The van der Waals surface area contributed by atoms with Crippen molar-refractivity contribution in [3.63, 3.8) is 0 Å². The Bertz CT molecular complexity index is 822. The van der Waals surface area contributed by atoms with Gasteiger partial charge >= 0.3 is 0 Å². The summed E-state index contributed by atoms with van der Waals surface area (Å²) >= 11 is 0. The molecule has 0 aromatic heterocycles. The molecular weight excluding hydrogens is 291 g/mol. The molecule has 3 nitrogen and oxygen atoms in total. The van der Waals surface area contributed by atoms with E-state index in [9.17, 15) is 9.18 Å². The van der Waals surface area contributed by atoms with Crippen LogP contribution in [0.3, 0.4) is 0 Å². The van der Waals surface area contributed by atoms with E-state index in [1.54, 1.807) is 24.4 Å². The predicted octanol–water partition coefficient (Wildman–Crippen LogP) is 3.95. The summed E-state index contributed by atoms with van der Waals surface area (Å²) in [5.41, 5.74) is 3.21. The van der Waals surface area contributed by atoms with E-state index < -0.39 is 0 Å².